The lowest BCUT2D eigenvalue weighted by atomic mass is 9.90. The molecule has 0 aliphatic heterocycles. The van der Waals surface area contributed by atoms with E-state index in [0.717, 1.165) is 5.56 Å². The number of anilines is 1. The maximum absolute atomic E-state index is 12.6. The first kappa shape index (κ1) is 24.5. The van der Waals surface area contributed by atoms with Crippen LogP contribution in [-0.4, -0.2) is 74.6 Å². The van der Waals surface area contributed by atoms with E-state index in [2.05, 4.69) is 20.3 Å². The molecule has 1 amide bonds. The van der Waals surface area contributed by atoms with Gasteiger partial charge in [-0.2, -0.15) is 4.98 Å². The minimum Gasteiger partial charge on any atom is -0.481 e. The van der Waals surface area contributed by atoms with Gasteiger partial charge < -0.3 is 31.1 Å². The maximum atomic E-state index is 12.6. The van der Waals surface area contributed by atoms with Gasteiger partial charge in [-0.05, 0) is 43.8 Å². The molecule has 12 heteroatoms. The normalized spacial score (nSPS) is 13.0. The largest absolute Gasteiger partial charge is 0.481 e. The number of carboxylic acids is 2. The zero-order valence-electron chi connectivity index (χ0n) is 18.7. The van der Waals surface area contributed by atoms with Gasteiger partial charge in [-0.3, -0.25) is 19.4 Å². The number of aliphatic carboxylic acids is 2. The Hall–Kier alpha value is -4.19. The van der Waals surface area contributed by atoms with E-state index in [9.17, 15) is 24.3 Å². The summed E-state index contributed by atoms with van der Waals surface area (Å²) in [6, 6.07) is 5.25. The highest BCUT2D eigenvalue weighted by Crippen LogP contribution is 2.29. The average molecular weight is 470 g/mol. The molecule has 0 bridgehead atoms. The maximum Gasteiger partial charge on any atom is 0.326 e. The molecule has 7 N–H and O–H groups in total. The Labute approximate surface area is 193 Å². The number of nitrogens with one attached hydrogen (secondary N) is 3. The molecule has 1 aromatic carbocycles. The second kappa shape index (κ2) is 10.2. The number of aromatic amines is 2. The van der Waals surface area contributed by atoms with Crippen molar-refractivity contribution in [2.75, 3.05) is 26.4 Å². The van der Waals surface area contributed by atoms with E-state index in [0.29, 0.717) is 23.1 Å². The van der Waals surface area contributed by atoms with Crippen molar-refractivity contribution in [1.29, 1.82) is 0 Å². The standard InChI is InChI=1S/C22H26N6O6/c1-28(2)10-14(13-9-24-18-17(13)20(32)27-22(23)26-18)11-3-5-12(6-4-11)19(31)25-15(21(33)34)7-8-16(29)30/h3-6,9,14-15H,7-8,10H2,1-2H3,(H,25,31)(H,29,30)(H,33,34)(H4,23,24,26,27,32)/t14?,15-/m0/s1. The van der Waals surface area contributed by atoms with Crippen molar-refractivity contribution in [1.82, 2.24) is 25.2 Å². The first-order valence-electron chi connectivity index (χ1n) is 10.4. The molecule has 0 radical (unpaired) electrons. The quantitative estimate of drug-likeness (QED) is 0.245. The molecule has 0 saturated carbocycles. The Balaban J connectivity index is 1.88. The number of carbonyl (C=O) groups excluding carboxylic acids is 1. The molecule has 0 fully saturated rings. The lowest BCUT2D eigenvalue weighted by Crippen LogP contribution is -2.41. The van der Waals surface area contributed by atoms with Crippen LogP contribution in [0, 0.1) is 0 Å². The molecule has 0 aliphatic rings. The zero-order chi connectivity index (χ0) is 25.0. The van der Waals surface area contributed by atoms with Crippen molar-refractivity contribution >= 4 is 34.8 Å². The third kappa shape index (κ3) is 5.59. The van der Waals surface area contributed by atoms with Crippen molar-refractivity contribution in [2.24, 2.45) is 0 Å². The van der Waals surface area contributed by atoms with Crippen molar-refractivity contribution in [2.45, 2.75) is 24.8 Å². The van der Waals surface area contributed by atoms with Gasteiger partial charge in [0.15, 0.2) is 0 Å². The number of nitrogen functional groups attached to an aromatic ring is 1. The molecule has 2 aromatic heterocycles. The first-order chi connectivity index (χ1) is 16.1. The number of H-pyrrole nitrogens is 2. The summed E-state index contributed by atoms with van der Waals surface area (Å²) in [4.78, 5) is 58.8. The topological polar surface area (TPSA) is 194 Å². The van der Waals surface area contributed by atoms with Crippen LogP contribution in [0.4, 0.5) is 5.95 Å². The summed E-state index contributed by atoms with van der Waals surface area (Å²) in [5, 5.41) is 20.8. The highest BCUT2D eigenvalue weighted by atomic mass is 16.4. The van der Waals surface area contributed by atoms with Crippen LogP contribution >= 0.6 is 0 Å². The number of aromatic nitrogens is 3. The molecule has 1 unspecified atom stereocenters. The van der Waals surface area contributed by atoms with Crippen molar-refractivity contribution in [3.8, 4) is 0 Å². The highest BCUT2D eigenvalue weighted by Gasteiger charge is 2.24. The van der Waals surface area contributed by atoms with Gasteiger partial charge in [-0.25, -0.2) is 4.79 Å². The number of carbonyl (C=O) groups is 3. The Kier molecular flexibility index (Phi) is 7.31. The van der Waals surface area contributed by atoms with E-state index in [-0.39, 0.29) is 35.8 Å². The number of carboxylic acid groups (broad SMARTS) is 2. The molecule has 3 rings (SSSR count). The smallest absolute Gasteiger partial charge is 0.326 e. The Morgan fingerprint density at radius 3 is 2.44 bits per heavy atom. The summed E-state index contributed by atoms with van der Waals surface area (Å²) in [6.07, 6.45) is 1.10. The molecule has 180 valence electrons. The van der Waals surface area contributed by atoms with Gasteiger partial charge in [0.2, 0.25) is 5.95 Å². The molecular formula is C22H26N6O6. The highest BCUT2D eigenvalue weighted by molar-refractivity contribution is 5.96. The van der Waals surface area contributed by atoms with E-state index in [1.165, 1.54) is 0 Å². The number of nitrogens with zero attached hydrogens (tertiary/aromatic N) is 2. The number of likely N-dealkylation sites (N-methyl/N-ethyl adjacent to an activating group) is 1. The Morgan fingerprint density at radius 1 is 1.18 bits per heavy atom. The predicted molar refractivity (Wildman–Crippen MR) is 124 cm³/mol. The fraction of sp³-hybridized carbons (Fsp3) is 0.318. The van der Waals surface area contributed by atoms with Crippen molar-refractivity contribution in [3.63, 3.8) is 0 Å². The molecule has 0 aliphatic carbocycles. The van der Waals surface area contributed by atoms with Crippen LogP contribution in [0.2, 0.25) is 0 Å². The summed E-state index contributed by atoms with van der Waals surface area (Å²) in [6.45, 7) is 0.554. The average Bonchev–Trinajstić information content (AvgIpc) is 3.18. The van der Waals surface area contributed by atoms with E-state index in [1.807, 2.05) is 19.0 Å². The van der Waals surface area contributed by atoms with Crippen LogP contribution in [0.1, 0.15) is 40.2 Å². The number of hydrogen-bond donors (Lipinski definition) is 6. The molecule has 12 nitrogen and oxygen atoms in total. The van der Waals surface area contributed by atoms with E-state index < -0.39 is 23.9 Å². The van der Waals surface area contributed by atoms with Gasteiger partial charge in [0.1, 0.15) is 11.7 Å². The monoisotopic (exact) mass is 470 g/mol. The van der Waals surface area contributed by atoms with Gasteiger partial charge in [0.05, 0.1) is 5.39 Å². The second-order valence-corrected chi connectivity index (χ2v) is 8.15. The predicted octanol–water partition coefficient (Wildman–Crippen LogP) is 0.575. The van der Waals surface area contributed by atoms with E-state index in [4.69, 9.17) is 10.8 Å². The van der Waals surface area contributed by atoms with Gasteiger partial charge in [0.25, 0.3) is 11.5 Å². The molecule has 3 aromatic rings. The fourth-order valence-electron chi connectivity index (χ4n) is 3.74. The van der Waals surface area contributed by atoms with Crippen LogP contribution in [0.5, 0.6) is 0 Å². The van der Waals surface area contributed by atoms with Gasteiger partial charge in [-0.15, -0.1) is 0 Å². The molecule has 2 atom stereocenters. The number of nitrogens with two attached hydrogens (primary N) is 1. The molecule has 34 heavy (non-hydrogen) atoms. The molecule has 0 spiro atoms. The first-order valence-corrected chi connectivity index (χ1v) is 10.4. The van der Waals surface area contributed by atoms with Crippen LogP contribution in [0.3, 0.4) is 0 Å². The Morgan fingerprint density at radius 2 is 1.85 bits per heavy atom. The molecular weight excluding hydrogens is 444 g/mol. The van der Waals surface area contributed by atoms with Crippen molar-refractivity contribution < 1.29 is 24.6 Å². The zero-order valence-corrected chi connectivity index (χ0v) is 18.7. The van der Waals surface area contributed by atoms with Crippen LogP contribution in [0.25, 0.3) is 11.0 Å². The van der Waals surface area contributed by atoms with Crippen LogP contribution in [0.15, 0.2) is 35.3 Å². The van der Waals surface area contributed by atoms with Crippen molar-refractivity contribution in [3.05, 3.63) is 57.5 Å². The SMILES string of the molecule is CN(C)CC(c1ccc(C(=O)N[C@@H](CCC(=O)O)C(=O)O)cc1)c1c[nH]c2nc(N)[nH]c(=O)c12. The van der Waals surface area contributed by atoms with E-state index in [1.54, 1.807) is 30.5 Å². The minimum absolute atomic E-state index is 0.00782. The van der Waals surface area contributed by atoms with Gasteiger partial charge in [-0.1, -0.05) is 12.1 Å². The Bertz CT molecular complexity index is 1260. The summed E-state index contributed by atoms with van der Waals surface area (Å²) in [5.74, 6) is -3.32. The van der Waals surface area contributed by atoms with Crippen LogP contribution < -0.4 is 16.6 Å². The number of amides is 1. The summed E-state index contributed by atoms with van der Waals surface area (Å²) < 4.78 is 0. The van der Waals surface area contributed by atoms with Gasteiger partial charge >= 0.3 is 11.9 Å². The number of hydrogen-bond acceptors (Lipinski definition) is 7. The number of benzene rings is 1. The number of fused-ring (bicyclic) bond motifs is 1. The summed E-state index contributed by atoms with van der Waals surface area (Å²) in [5.41, 5.74) is 7.41. The minimum atomic E-state index is -1.32. The van der Waals surface area contributed by atoms with Crippen LogP contribution in [-0.2, 0) is 9.59 Å². The third-order valence-corrected chi connectivity index (χ3v) is 5.34. The number of rotatable bonds is 10. The third-order valence-electron chi connectivity index (χ3n) is 5.34. The van der Waals surface area contributed by atoms with E-state index >= 15 is 0 Å². The molecule has 0 saturated heterocycles. The lowest BCUT2D eigenvalue weighted by Gasteiger charge is -2.21. The summed E-state index contributed by atoms with van der Waals surface area (Å²) >= 11 is 0. The lowest BCUT2D eigenvalue weighted by molar-refractivity contribution is -0.140. The van der Waals surface area contributed by atoms with Gasteiger partial charge in [0, 0.05) is 30.6 Å². The fourth-order valence-corrected chi connectivity index (χ4v) is 3.74. The second-order valence-electron chi connectivity index (χ2n) is 8.15. The summed E-state index contributed by atoms with van der Waals surface area (Å²) in [7, 11) is 3.79. The molecule has 2 heterocycles.